The molecule has 1 saturated heterocycles. The molecule has 36 heavy (non-hydrogen) atoms. The van der Waals surface area contributed by atoms with E-state index in [4.69, 9.17) is 9.47 Å². The van der Waals surface area contributed by atoms with Crippen molar-refractivity contribution in [3.05, 3.63) is 101 Å². The van der Waals surface area contributed by atoms with E-state index in [0.29, 0.717) is 29.6 Å². The lowest BCUT2D eigenvalue weighted by Crippen LogP contribution is -2.29. The first-order valence-corrected chi connectivity index (χ1v) is 12.0. The van der Waals surface area contributed by atoms with Crippen LogP contribution in [0.2, 0.25) is 0 Å². The summed E-state index contributed by atoms with van der Waals surface area (Å²) in [6.07, 6.45) is 0. The van der Waals surface area contributed by atoms with Gasteiger partial charge >= 0.3 is 0 Å². The molecule has 1 N–H and O–H groups in total. The number of nitrogens with zero attached hydrogens (tertiary/aromatic N) is 1. The molecule has 0 aromatic heterocycles. The fourth-order valence-corrected chi connectivity index (χ4v) is 4.35. The third kappa shape index (κ3) is 5.28. The zero-order chi connectivity index (χ0) is 25.8. The van der Waals surface area contributed by atoms with Crippen molar-refractivity contribution in [1.82, 2.24) is 4.90 Å². The molecular weight excluding hydrogens is 454 g/mol. The van der Waals surface area contributed by atoms with Crippen molar-refractivity contribution in [2.75, 3.05) is 13.7 Å². The molecule has 0 radical (unpaired) electrons. The number of aliphatic hydroxyl groups excluding tert-OH is 1. The Morgan fingerprint density at radius 3 is 2.42 bits per heavy atom. The molecule has 1 atom stereocenters. The summed E-state index contributed by atoms with van der Waals surface area (Å²) < 4.78 is 11.1. The molecule has 1 amide bonds. The number of aliphatic hydroxyl groups is 1. The van der Waals surface area contributed by atoms with Crippen LogP contribution in [0.5, 0.6) is 11.5 Å². The van der Waals surface area contributed by atoms with Crippen LogP contribution in [0.4, 0.5) is 0 Å². The quantitative estimate of drug-likeness (QED) is 0.253. The van der Waals surface area contributed by atoms with E-state index in [1.807, 2.05) is 55.5 Å². The maximum atomic E-state index is 13.3. The number of ketones is 1. The molecule has 1 heterocycles. The third-order valence-corrected chi connectivity index (χ3v) is 6.08. The lowest BCUT2D eigenvalue weighted by molar-refractivity contribution is -0.140. The van der Waals surface area contributed by atoms with Gasteiger partial charge in [-0.1, -0.05) is 67.9 Å². The SMILES string of the molecule is COc1cccc(CN2C(=O)C(=O)/C(=C(\O)c3cccc(OCC(C)C)c3)C2c2cccc(C)c2)c1. The minimum absolute atomic E-state index is 0.0644. The van der Waals surface area contributed by atoms with Crippen LogP contribution >= 0.6 is 0 Å². The van der Waals surface area contributed by atoms with Crippen LogP contribution < -0.4 is 9.47 Å². The van der Waals surface area contributed by atoms with Crippen LogP contribution in [0, 0.1) is 12.8 Å². The highest BCUT2D eigenvalue weighted by Gasteiger charge is 2.46. The number of rotatable bonds is 8. The second kappa shape index (κ2) is 10.7. The molecule has 4 rings (SSSR count). The van der Waals surface area contributed by atoms with Crippen LogP contribution in [0.1, 0.15) is 42.1 Å². The van der Waals surface area contributed by atoms with E-state index in [2.05, 4.69) is 13.8 Å². The average molecular weight is 486 g/mol. The number of amides is 1. The van der Waals surface area contributed by atoms with E-state index in [0.717, 1.165) is 16.7 Å². The number of benzene rings is 3. The topological polar surface area (TPSA) is 76.1 Å². The maximum absolute atomic E-state index is 13.3. The number of carbonyl (C=O) groups excluding carboxylic acids is 2. The van der Waals surface area contributed by atoms with Crippen molar-refractivity contribution in [2.45, 2.75) is 33.4 Å². The first-order valence-electron chi connectivity index (χ1n) is 12.0. The van der Waals surface area contributed by atoms with Crippen molar-refractivity contribution >= 4 is 17.4 Å². The molecule has 6 heteroatoms. The Bertz CT molecular complexity index is 1310. The number of likely N-dealkylation sites (tertiary alicyclic amines) is 1. The van der Waals surface area contributed by atoms with E-state index < -0.39 is 17.7 Å². The second-order valence-corrected chi connectivity index (χ2v) is 9.43. The number of ether oxygens (including phenoxy) is 2. The van der Waals surface area contributed by atoms with Gasteiger partial charge in [0.05, 0.1) is 25.3 Å². The molecule has 0 spiro atoms. The number of hydrogen-bond acceptors (Lipinski definition) is 5. The maximum Gasteiger partial charge on any atom is 0.295 e. The van der Waals surface area contributed by atoms with Crippen LogP contribution in [0.25, 0.3) is 5.76 Å². The largest absolute Gasteiger partial charge is 0.507 e. The van der Waals surface area contributed by atoms with Gasteiger partial charge in [0.2, 0.25) is 0 Å². The zero-order valence-corrected chi connectivity index (χ0v) is 21.0. The summed E-state index contributed by atoms with van der Waals surface area (Å²) >= 11 is 0. The van der Waals surface area contributed by atoms with E-state index in [-0.39, 0.29) is 17.9 Å². The van der Waals surface area contributed by atoms with Gasteiger partial charge in [-0.05, 0) is 48.2 Å². The van der Waals surface area contributed by atoms with Crippen LogP contribution in [0.3, 0.4) is 0 Å². The minimum atomic E-state index is -0.740. The Morgan fingerprint density at radius 2 is 1.69 bits per heavy atom. The number of methoxy groups -OCH3 is 1. The van der Waals surface area contributed by atoms with Crippen LogP contribution in [-0.4, -0.2) is 35.4 Å². The Kier molecular flexibility index (Phi) is 7.44. The lowest BCUT2D eigenvalue weighted by atomic mass is 9.94. The summed E-state index contributed by atoms with van der Waals surface area (Å²) in [5, 5.41) is 11.4. The zero-order valence-electron chi connectivity index (χ0n) is 21.0. The highest BCUT2D eigenvalue weighted by Crippen LogP contribution is 2.41. The summed E-state index contributed by atoms with van der Waals surface area (Å²) in [5.41, 5.74) is 3.05. The van der Waals surface area contributed by atoms with E-state index in [1.165, 1.54) is 4.90 Å². The standard InChI is InChI=1S/C30H31NO5/c1-19(2)18-36-25-13-7-11-23(16-25)28(32)26-27(22-10-5-8-20(3)14-22)31(30(34)29(26)33)17-21-9-6-12-24(15-21)35-4/h5-16,19,27,32H,17-18H2,1-4H3/b28-26-. The number of Topliss-reactive ketones (excluding diaryl/α,β-unsaturated/α-hetero) is 1. The average Bonchev–Trinajstić information content (AvgIpc) is 3.12. The third-order valence-electron chi connectivity index (χ3n) is 6.08. The summed E-state index contributed by atoms with van der Waals surface area (Å²) in [5.74, 6) is 0.00173. The fraction of sp³-hybridized carbons (Fsp3) is 0.267. The Morgan fingerprint density at radius 1 is 0.972 bits per heavy atom. The van der Waals surface area contributed by atoms with Gasteiger partial charge in [0.25, 0.3) is 11.7 Å². The van der Waals surface area contributed by atoms with Crippen molar-refractivity contribution < 1.29 is 24.2 Å². The molecule has 0 bridgehead atoms. The van der Waals surface area contributed by atoms with Gasteiger partial charge in [0, 0.05) is 12.1 Å². The minimum Gasteiger partial charge on any atom is -0.507 e. The molecule has 186 valence electrons. The highest BCUT2D eigenvalue weighted by atomic mass is 16.5. The van der Waals surface area contributed by atoms with Gasteiger partial charge in [0.1, 0.15) is 17.3 Å². The molecule has 1 fully saturated rings. The first-order chi connectivity index (χ1) is 17.3. The Labute approximate surface area is 211 Å². The van der Waals surface area contributed by atoms with Gasteiger partial charge in [-0.15, -0.1) is 0 Å². The monoisotopic (exact) mass is 485 g/mol. The first kappa shape index (κ1) is 25.0. The predicted molar refractivity (Wildman–Crippen MR) is 139 cm³/mol. The van der Waals surface area contributed by atoms with E-state index in [1.54, 1.807) is 31.4 Å². The molecule has 1 aliphatic heterocycles. The number of carbonyl (C=O) groups is 2. The Hall–Kier alpha value is -4.06. The lowest BCUT2D eigenvalue weighted by Gasteiger charge is -2.26. The molecule has 3 aromatic rings. The molecule has 3 aromatic carbocycles. The van der Waals surface area contributed by atoms with Crippen molar-refractivity contribution in [1.29, 1.82) is 0 Å². The smallest absolute Gasteiger partial charge is 0.295 e. The molecular formula is C30H31NO5. The molecule has 0 saturated carbocycles. The summed E-state index contributed by atoms with van der Waals surface area (Å²) in [6, 6.07) is 21.3. The molecule has 0 aliphatic carbocycles. The van der Waals surface area contributed by atoms with Crippen molar-refractivity contribution in [3.8, 4) is 11.5 Å². The highest BCUT2D eigenvalue weighted by molar-refractivity contribution is 6.46. The number of aryl methyl sites for hydroxylation is 1. The van der Waals surface area contributed by atoms with E-state index in [9.17, 15) is 14.7 Å². The van der Waals surface area contributed by atoms with Gasteiger partial charge in [0.15, 0.2) is 0 Å². The van der Waals surface area contributed by atoms with Gasteiger partial charge in [-0.25, -0.2) is 0 Å². The van der Waals surface area contributed by atoms with E-state index >= 15 is 0 Å². The molecule has 1 unspecified atom stereocenters. The number of hydrogen-bond donors (Lipinski definition) is 1. The van der Waals surface area contributed by atoms with Crippen molar-refractivity contribution in [3.63, 3.8) is 0 Å². The van der Waals surface area contributed by atoms with Gasteiger partial charge < -0.3 is 19.5 Å². The summed E-state index contributed by atoms with van der Waals surface area (Å²) in [7, 11) is 1.58. The summed E-state index contributed by atoms with van der Waals surface area (Å²) in [4.78, 5) is 28.2. The van der Waals surface area contributed by atoms with Crippen LogP contribution in [-0.2, 0) is 16.1 Å². The van der Waals surface area contributed by atoms with Gasteiger partial charge in [-0.3, -0.25) is 9.59 Å². The van der Waals surface area contributed by atoms with Crippen LogP contribution in [0.15, 0.2) is 78.4 Å². The normalized spacial score (nSPS) is 17.0. The molecule has 6 nitrogen and oxygen atoms in total. The predicted octanol–water partition coefficient (Wildman–Crippen LogP) is 5.66. The fourth-order valence-electron chi connectivity index (χ4n) is 4.35. The van der Waals surface area contributed by atoms with Gasteiger partial charge in [-0.2, -0.15) is 0 Å². The second-order valence-electron chi connectivity index (χ2n) is 9.43. The Balaban J connectivity index is 1.80. The van der Waals surface area contributed by atoms with Crippen molar-refractivity contribution in [2.24, 2.45) is 5.92 Å². The summed E-state index contributed by atoms with van der Waals surface area (Å²) in [6.45, 7) is 6.77. The molecule has 1 aliphatic rings.